The first kappa shape index (κ1) is 23.6. The van der Waals surface area contributed by atoms with E-state index in [2.05, 4.69) is 47.7 Å². The second kappa shape index (κ2) is 11.1. The number of hydrogen-bond donors (Lipinski definition) is 1. The van der Waals surface area contributed by atoms with Crippen molar-refractivity contribution < 1.29 is 18.7 Å². The fourth-order valence-corrected chi connectivity index (χ4v) is 3.58. The molecule has 4 aromatic rings. The summed E-state index contributed by atoms with van der Waals surface area (Å²) in [5.74, 6) is 1.57. The summed E-state index contributed by atoms with van der Waals surface area (Å²) in [5.41, 5.74) is 6.62. The Hall–Kier alpha value is -4.52. The SMILES string of the molecule is C=CCOc1ccccc1/C=N/NC(=O)c1ccc(COc2ccc(-n3c(C)ccc3C)cc2)o1. The van der Waals surface area contributed by atoms with Crippen LogP contribution >= 0.6 is 0 Å². The van der Waals surface area contributed by atoms with Crippen LogP contribution in [-0.4, -0.2) is 23.3 Å². The zero-order valence-corrected chi connectivity index (χ0v) is 19.7. The molecule has 0 saturated carbocycles. The fraction of sp³-hybridized carbons (Fsp3) is 0.143. The molecular weight excluding hydrogens is 442 g/mol. The first-order valence-electron chi connectivity index (χ1n) is 11.2. The largest absolute Gasteiger partial charge is 0.489 e. The molecule has 7 nitrogen and oxygen atoms in total. The van der Waals surface area contributed by atoms with Gasteiger partial charge in [-0.15, -0.1) is 0 Å². The highest BCUT2D eigenvalue weighted by Crippen LogP contribution is 2.21. The van der Waals surface area contributed by atoms with E-state index in [9.17, 15) is 4.79 Å². The fourth-order valence-electron chi connectivity index (χ4n) is 3.58. The van der Waals surface area contributed by atoms with Gasteiger partial charge >= 0.3 is 5.91 Å². The predicted octanol–water partition coefficient (Wildman–Crippen LogP) is 5.59. The lowest BCUT2D eigenvalue weighted by molar-refractivity contribution is 0.0923. The summed E-state index contributed by atoms with van der Waals surface area (Å²) in [5, 5.41) is 4.01. The number of rotatable bonds is 10. The Morgan fingerprint density at radius 2 is 1.74 bits per heavy atom. The van der Waals surface area contributed by atoms with Gasteiger partial charge < -0.3 is 18.5 Å². The van der Waals surface area contributed by atoms with Crippen molar-refractivity contribution in [3.8, 4) is 17.2 Å². The lowest BCUT2D eigenvalue weighted by Crippen LogP contribution is -2.16. The summed E-state index contributed by atoms with van der Waals surface area (Å²) >= 11 is 0. The third-order valence-corrected chi connectivity index (χ3v) is 5.28. The van der Waals surface area contributed by atoms with Crippen molar-refractivity contribution in [3.63, 3.8) is 0 Å². The average molecular weight is 470 g/mol. The predicted molar refractivity (Wildman–Crippen MR) is 135 cm³/mol. The number of aromatic nitrogens is 1. The van der Waals surface area contributed by atoms with Crippen molar-refractivity contribution in [2.45, 2.75) is 20.5 Å². The molecule has 2 heterocycles. The summed E-state index contributed by atoms with van der Waals surface area (Å²) in [6.07, 6.45) is 3.18. The molecule has 0 fully saturated rings. The van der Waals surface area contributed by atoms with E-state index in [-0.39, 0.29) is 12.4 Å². The molecule has 0 unspecified atom stereocenters. The monoisotopic (exact) mass is 469 g/mol. The summed E-state index contributed by atoms with van der Waals surface area (Å²) in [6, 6.07) is 22.7. The maximum Gasteiger partial charge on any atom is 0.307 e. The lowest BCUT2D eigenvalue weighted by atomic mass is 10.2. The van der Waals surface area contributed by atoms with Gasteiger partial charge in [0.1, 0.15) is 30.5 Å². The molecule has 0 saturated heterocycles. The van der Waals surface area contributed by atoms with E-state index in [1.165, 1.54) is 17.6 Å². The van der Waals surface area contributed by atoms with Crippen molar-refractivity contribution in [1.29, 1.82) is 0 Å². The molecule has 0 radical (unpaired) electrons. The molecule has 0 atom stereocenters. The standard InChI is InChI=1S/C28H27N3O4/c1-4-17-33-26-8-6-5-7-22(26)18-29-30-28(32)27-16-15-25(35-27)19-34-24-13-11-23(12-14-24)31-20(2)9-10-21(31)3/h4-16,18H,1,17,19H2,2-3H3,(H,30,32)/b29-18+. The lowest BCUT2D eigenvalue weighted by Gasteiger charge is -2.10. The summed E-state index contributed by atoms with van der Waals surface area (Å²) in [7, 11) is 0. The first-order chi connectivity index (χ1) is 17.0. The Kier molecular flexibility index (Phi) is 7.47. The van der Waals surface area contributed by atoms with Crippen LogP contribution in [0.15, 0.2) is 95.0 Å². The molecule has 0 aliphatic carbocycles. The average Bonchev–Trinajstić information content (AvgIpc) is 3.48. The minimum Gasteiger partial charge on any atom is -0.489 e. The van der Waals surface area contributed by atoms with Gasteiger partial charge in [0.15, 0.2) is 5.76 Å². The third-order valence-electron chi connectivity index (χ3n) is 5.28. The number of carbonyl (C=O) groups is 1. The number of para-hydroxylation sites is 1. The second-order valence-corrected chi connectivity index (χ2v) is 7.84. The zero-order chi connectivity index (χ0) is 24.6. The topological polar surface area (TPSA) is 78.0 Å². The van der Waals surface area contributed by atoms with Gasteiger partial charge in [-0.2, -0.15) is 5.10 Å². The molecule has 178 valence electrons. The van der Waals surface area contributed by atoms with Crippen LogP contribution in [0, 0.1) is 13.8 Å². The molecule has 1 N–H and O–H groups in total. The van der Waals surface area contributed by atoms with Gasteiger partial charge in [-0.1, -0.05) is 24.8 Å². The number of nitrogens with one attached hydrogen (secondary N) is 1. The number of furan rings is 1. The van der Waals surface area contributed by atoms with Gasteiger partial charge in [0.05, 0.1) is 6.21 Å². The number of aryl methyl sites for hydroxylation is 2. The normalized spacial score (nSPS) is 10.9. The maximum atomic E-state index is 12.4. The van der Waals surface area contributed by atoms with Crippen molar-refractivity contribution in [2.75, 3.05) is 6.61 Å². The Bertz CT molecular complexity index is 1310. The van der Waals surface area contributed by atoms with Gasteiger partial charge in [-0.05, 0) is 74.5 Å². The number of carbonyl (C=O) groups excluding carboxylic acids is 1. The smallest absolute Gasteiger partial charge is 0.307 e. The van der Waals surface area contributed by atoms with E-state index in [1.54, 1.807) is 18.2 Å². The van der Waals surface area contributed by atoms with Crippen LogP contribution < -0.4 is 14.9 Å². The molecule has 2 aromatic carbocycles. The highest BCUT2D eigenvalue weighted by atomic mass is 16.5. The van der Waals surface area contributed by atoms with E-state index in [1.807, 2.05) is 48.5 Å². The van der Waals surface area contributed by atoms with Gasteiger partial charge in [0.2, 0.25) is 0 Å². The molecule has 2 aromatic heterocycles. The first-order valence-corrected chi connectivity index (χ1v) is 11.2. The van der Waals surface area contributed by atoms with E-state index in [4.69, 9.17) is 13.9 Å². The van der Waals surface area contributed by atoms with Crippen molar-refractivity contribution in [2.24, 2.45) is 5.10 Å². The van der Waals surface area contributed by atoms with E-state index >= 15 is 0 Å². The highest BCUT2D eigenvalue weighted by molar-refractivity contribution is 5.92. The van der Waals surface area contributed by atoms with E-state index in [0.717, 1.165) is 11.3 Å². The summed E-state index contributed by atoms with van der Waals surface area (Å²) < 4.78 is 19.2. The minimum atomic E-state index is -0.459. The molecule has 35 heavy (non-hydrogen) atoms. The van der Waals surface area contributed by atoms with Crippen LogP contribution in [0.3, 0.4) is 0 Å². The van der Waals surface area contributed by atoms with Crippen LogP contribution in [-0.2, 0) is 6.61 Å². The number of hydrogen-bond acceptors (Lipinski definition) is 5. The molecule has 0 aliphatic rings. The minimum absolute atomic E-state index is 0.144. The van der Waals surface area contributed by atoms with Crippen LogP contribution in [0.4, 0.5) is 0 Å². The van der Waals surface area contributed by atoms with Crippen LogP contribution in [0.5, 0.6) is 11.5 Å². The number of hydrazone groups is 1. The number of ether oxygens (including phenoxy) is 2. The molecule has 7 heteroatoms. The van der Waals surface area contributed by atoms with Crippen LogP contribution in [0.2, 0.25) is 0 Å². The Morgan fingerprint density at radius 3 is 2.49 bits per heavy atom. The van der Waals surface area contributed by atoms with Gasteiger partial charge in [0, 0.05) is 22.6 Å². The van der Waals surface area contributed by atoms with Crippen molar-refractivity contribution >= 4 is 12.1 Å². The van der Waals surface area contributed by atoms with Crippen molar-refractivity contribution in [3.05, 3.63) is 114 Å². The molecular formula is C28H27N3O4. The molecule has 0 spiro atoms. The van der Waals surface area contributed by atoms with Gasteiger partial charge in [-0.25, -0.2) is 5.43 Å². The van der Waals surface area contributed by atoms with Gasteiger partial charge in [0.25, 0.3) is 0 Å². The Balaban J connectivity index is 1.31. The van der Waals surface area contributed by atoms with E-state index in [0.29, 0.717) is 23.9 Å². The Labute approximate surface area is 204 Å². The zero-order valence-electron chi connectivity index (χ0n) is 19.7. The second-order valence-electron chi connectivity index (χ2n) is 7.84. The third kappa shape index (κ3) is 5.89. The highest BCUT2D eigenvalue weighted by Gasteiger charge is 2.11. The molecule has 4 rings (SSSR count). The van der Waals surface area contributed by atoms with E-state index < -0.39 is 5.91 Å². The van der Waals surface area contributed by atoms with Crippen LogP contribution in [0.25, 0.3) is 5.69 Å². The summed E-state index contributed by atoms with van der Waals surface area (Å²) in [4.78, 5) is 12.4. The van der Waals surface area contributed by atoms with Crippen LogP contribution in [0.1, 0.15) is 33.3 Å². The van der Waals surface area contributed by atoms with Crippen molar-refractivity contribution in [1.82, 2.24) is 9.99 Å². The number of nitrogens with zero attached hydrogens (tertiary/aromatic N) is 2. The quantitative estimate of drug-likeness (QED) is 0.186. The number of benzene rings is 2. The maximum absolute atomic E-state index is 12.4. The number of amides is 1. The molecule has 0 bridgehead atoms. The molecule has 1 amide bonds. The Morgan fingerprint density at radius 1 is 1.00 bits per heavy atom. The molecule has 0 aliphatic heterocycles. The summed E-state index contributed by atoms with van der Waals surface area (Å²) in [6.45, 7) is 8.37. The van der Waals surface area contributed by atoms with Gasteiger partial charge in [-0.3, -0.25) is 4.79 Å².